The van der Waals surface area contributed by atoms with Crippen molar-refractivity contribution in [2.45, 2.75) is 57.7 Å². The number of carbonyl (C=O) groups excluding carboxylic acids is 2. The maximum absolute atomic E-state index is 12.2. The van der Waals surface area contributed by atoms with Gasteiger partial charge in [-0.25, -0.2) is 9.78 Å². The van der Waals surface area contributed by atoms with Crippen LogP contribution >= 0.6 is 23.1 Å². The highest BCUT2D eigenvalue weighted by Crippen LogP contribution is 2.26. The number of nitrogens with zero attached hydrogens (tertiary/aromatic N) is 1. The summed E-state index contributed by atoms with van der Waals surface area (Å²) in [5, 5.41) is 5.86. The molecule has 1 fully saturated rings. The molecule has 0 radical (unpaired) electrons. The number of nitrogens with one attached hydrogen (secondary N) is 3. The van der Waals surface area contributed by atoms with Gasteiger partial charge in [-0.05, 0) is 32.3 Å². The smallest absolute Gasteiger partial charge is 0.321 e. The van der Waals surface area contributed by atoms with Gasteiger partial charge in [-0.1, -0.05) is 19.3 Å². The summed E-state index contributed by atoms with van der Waals surface area (Å²) in [6, 6.07) is -0.261. The minimum atomic E-state index is -0.426. The molecule has 27 heavy (non-hydrogen) atoms. The van der Waals surface area contributed by atoms with E-state index < -0.39 is 6.03 Å². The van der Waals surface area contributed by atoms with Gasteiger partial charge in [0, 0.05) is 10.9 Å². The van der Waals surface area contributed by atoms with E-state index in [1.807, 2.05) is 13.8 Å². The lowest BCUT2D eigenvalue weighted by atomic mass is 9.96. The van der Waals surface area contributed by atoms with Crippen LogP contribution in [0.1, 0.15) is 48.4 Å². The molecule has 7 nitrogen and oxygen atoms in total. The van der Waals surface area contributed by atoms with Crippen LogP contribution in [0.2, 0.25) is 0 Å². The molecule has 2 aromatic heterocycles. The molecular formula is C18H24N4O3S2. The van der Waals surface area contributed by atoms with Gasteiger partial charge in [0.15, 0.2) is 0 Å². The Hall–Kier alpha value is -1.87. The third-order valence-electron chi connectivity index (χ3n) is 4.75. The number of fused-ring (bicyclic) bond motifs is 1. The summed E-state index contributed by atoms with van der Waals surface area (Å²) >= 11 is 2.81. The minimum Gasteiger partial charge on any atom is -0.335 e. The van der Waals surface area contributed by atoms with Crippen molar-refractivity contribution in [1.29, 1.82) is 0 Å². The molecule has 0 spiro atoms. The second kappa shape index (κ2) is 8.88. The number of hydrogen-bond acceptors (Lipinski definition) is 6. The Labute approximate surface area is 165 Å². The first kappa shape index (κ1) is 19.9. The largest absolute Gasteiger partial charge is 0.335 e. The monoisotopic (exact) mass is 408 g/mol. The van der Waals surface area contributed by atoms with E-state index >= 15 is 0 Å². The van der Waals surface area contributed by atoms with Crippen LogP contribution in [-0.2, 0) is 10.5 Å². The quantitative estimate of drug-likeness (QED) is 0.706. The van der Waals surface area contributed by atoms with Gasteiger partial charge in [0.2, 0.25) is 5.91 Å². The van der Waals surface area contributed by atoms with Crippen molar-refractivity contribution in [3.05, 3.63) is 26.6 Å². The maximum Gasteiger partial charge on any atom is 0.321 e. The van der Waals surface area contributed by atoms with Gasteiger partial charge in [0.25, 0.3) is 5.56 Å². The lowest BCUT2D eigenvalue weighted by Crippen LogP contribution is -2.45. The summed E-state index contributed by atoms with van der Waals surface area (Å²) < 4.78 is 0. The molecule has 9 heteroatoms. The number of amides is 3. The van der Waals surface area contributed by atoms with E-state index in [9.17, 15) is 14.4 Å². The van der Waals surface area contributed by atoms with Crippen molar-refractivity contribution in [2.75, 3.05) is 5.75 Å². The Morgan fingerprint density at radius 1 is 1.26 bits per heavy atom. The standard InChI is InChI=1S/C18H24N4O3S2/c1-10-11(2)27-17-15(10)16(24)20-13(21-17)8-26-9-14(23)22-18(25)19-12-6-4-3-5-7-12/h12H,3-9H2,1-2H3,(H,20,21,24)(H2,19,22,23,25). The predicted molar refractivity (Wildman–Crippen MR) is 109 cm³/mol. The maximum atomic E-state index is 12.2. The van der Waals surface area contributed by atoms with E-state index in [-0.39, 0.29) is 23.3 Å². The molecule has 0 bridgehead atoms. The van der Waals surface area contributed by atoms with Crippen LogP contribution in [0.3, 0.4) is 0 Å². The highest BCUT2D eigenvalue weighted by Gasteiger charge is 2.17. The third kappa shape index (κ3) is 5.10. The molecule has 0 aromatic carbocycles. The number of rotatable bonds is 5. The van der Waals surface area contributed by atoms with E-state index in [2.05, 4.69) is 20.6 Å². The number of thiophene rings is 1. The van der Waals surface area contributed by atoms with E-state index in [0.29, 0.717) is 17.0 Å². The number of thioether (sulfide) groups is 1. The van der Waals surface area contributed by atoms with Gasteiger partial charge in [0.05, 0.1) is 16.9 Å². The molecule has 0 unspecified atom stereocenters. The summed E-state index contributed by atoms with van der Waals surface area (Å²) in [6.07, 6.45) is 5.39. The number of H-pyrrole nitrogens is 1. The van der Waals surface area contributed by atoms with Crippen LogP contribution < -0.4 is 16.2 Å². The molecule has 3 amide bonds. The van der Waals surface area contributed by atoms with Crippen LogP contribution in [0.25, 0.3) is 10.2 Å². The second-order valence-electron chi connectivity index (χ2n) is 6.83. The first-order valence-corrected chi connectivity index (χ1v) is 11.1. The lowest BCUT2D eigenvalue weighted by molar-refractivity contribution is -0.117. The fourth-order valence-electron chi connectivity index (χ4n) is 3.24. The van der Waals surface area contributed by atoms with Crippen molar-refractivity contribution < 1.29 is 9.59 Å². The highest BCUT2D eigenvalue weighted by molar-refractivity contribution is 7.99. The minimum absolute atomic E-state index is 0.127. The van der Waals surface area contributed by atoms with Crippen LogP contribution in [0, 0.1) is 13.8 Å². The zero-order chi connectivity index (χ0) is 19.4. The summed E-state index contributed by atoms with van der Waals surface area (Å²) in [6.45, 7) is 3.89. The average molecular weight is 409 g/mol. The Kier molecular flexibility index (Phi) is 6.54. The molecule has 2 aromatic rings. The fourth-order valence-corrected chi connectivity index (χ4v) is 4.98. The van der Waals surface area contributed by atoms with E-state index in [4.69, 9.17) is 0 Å². The SMILES string of the molecule is Cc1sc2nc(CSCC(=O)NC(=O)NC3CCCCC3)[nH]c(=O)c2c1C. The summed E-state index contributed by atoms with van der Waals surface area (Å²) in [4.78, 5) is 45.1. The molecule has 3 rings (SSSR count). The van der Waals surface area contributed by atoms with Gasteiger partial charge in [-0.2, -0.15) is 0 Å². The molecule has 1 aliphatic rings. The number of imide groups is 1. The number of urea groups is 1. The first-order chi connectivity index (χ1) is 12.9. The van der Waals surface area contributed by atoms with Crippen molar-refractivity contribution in [3.63, 3.8) is 0 Å². The number of carbonyl (C=O) groups is 2. The third-order valence-corrected chi connectivity index (χ3v) is 6.80. The first-order valence-electron chi connectivity index (χ1n) is 9.11. The average Bonchev–Trinajstić information content (AvgIpc) is 2.90. The van der Waals surface area contributed by atoms with Crippen molar-refractivity contribution in [2.24, 2.45) is 0 Å². The molecule has 3 N–H and O–H groups in total. The van der Waals surface area contributed by atoms with Crippen LogP contribution in [0.15, 0.2) is 4.79 Å². The van der Waals surface area contributed by atoms with Gasteiger partial charge in [-0.15, -0.1) is 23.1 Å². The molecule has 1 aliphatic carbocycles. The highest BCUT2D eigenvalue weighted by atomic mass is 32.2. The van der Waals surface area contributed by atoms with Crippen LogP contribution in [0.5, 0.6) is 0 Å². The van der Waals surface area contributed by atoms with E-state index in [1.165, 1.54) is 29.5 Å². The van der Waals surface area contributed by atoms with E-state index in [0.717, 1.165) is 41.0 Å². The van der Waals surface area contributed by atoms with Crippen molar-refractivity contribution in [3.8, 4) is 0 Å². The second-order valence-corrected chi connectivity index (χ2v) is 9.01. The molecule has 2 heterocycles. The van der Waals surface area contributed by atoms with Gasteiger partial charge >= 0.3 is 6.03 Å². The van der Waals surface area contributed by atoms with E-state index in [1.54, 1.807) is 0 Å². The number of aromatic nitrogens is 2. The summed E-state index contributed by atoms with van der Waals surface area (Å²) in [5.74, 6) is 0.721. The molecule has 0 aliphatic heterocycles. The van der Waals surface area contributed by atoms with Crippen molar-refractivity contribution in [1.82, 2.24) is 20.6 Å². The topological polar surface area (TPSA) is 104 Å². The normalized spacial score (nSPS) is 15.0. The summed E-state index contributed by atoms with van der Waals surface area (Å²) in [7, 11) is 0. The van der Waals surface area contributed by atoms with Gasteiger partial charge in [0.1, 0.15) is 10.7 Å². The van der Waals surface area contributed by atoms with Crippen LogP contribution in [-0.4, -0.2) is 33.7 Å². The zero-order valence-corrected chi connectivity index (χ0v) is 17.1. The molecule has 0 atom stereocenters. The molecule has 1 saturated carbocycles. The Morgan fingerprint density at radius 2 is 2.00 bits per heavy atom. The van der Waals surface area contributed by atoms with Crippen LogP contribution in [0.4, 0.5) is 4.79 Å². The lowest BCUT2D eigenvalue weighted by Gasteiger charge is -2.22. The molecular weight excluding hydrogens is 384 g/mol. The molecule has 146 valence electrons. The summed E-state index contributed by atoms with van der Waals surface area (Å²) in [5.41, 5.74) is 0.820. The van der Waals surface area contributed by atoms with Gasteiger partial charge in [-0.3, -0.25) is 14.9 Å². The van der Waals surface area contributed by atoms with Gasteiger partial charge < -0.3 is 10.3 Å². The Morgan fingerprint density at radius 3 is 2.74 bits per heavy atom. The fraction of sp³-hybridized carbons (Fsp3) is 0.556. The zero-order valence-electron chi connectivity index (χ0n) is 15.5. The van der Waals surface area contributed by atoms with Crippen molar-refractivity contribution >= 4 is 45.3 Å². The predicted octanol–water partition coefficient (Wildman–Crippen LogP) is 2.99. The number of hydrogen-bond donors (Lipinski definition) is 3. The Bertz CT molecular complexity index is 900. The Balaban J connectivity index is 1.47. The number of aromatic amines is 1. The number of aryl methyl sites for hydroxylation is 2. The molecule has 0 saturated heterocycles.